The number of carbonyl (C=O) groups is 1. The lowest BCUT2D eigenvalue weighted by Gasteiger charge is -2.35. The SMILES string of the molecule is COc1ccc(S(=O)(=O)NCC2CCN(C3CCOC3)CC2)cc1C(N)=O. The van der Waals surface area contributed by atoms with Crippen LogP contribution in [0.5, 0.6) is 5.75 Å². The zero-order chi connectivity index (χ0) is 19.4. The molecule has 1 atom stereocenters. The number of likely N-dealkylation sites (tertiary alicyclic amines) is 1. The monoisotopic (exact) mass is 397 g/mol. The molecule has 1 aromatic carbocycles. The van der Waals surface area contributed by atoms with Gasteiger partial charge in [0.15, 0.2) is 0 Å². The highest BCUT2D eigenvalue weighted by molar-refractivity contribution is 7.89. The van der Waals surface area contributed by atoms with Gasteiger partial charge in [-0.2, -0.15) is 0 Å². The molecule has 9 heteroatoms. The molecule has 3 N–H and O–H groups in total. The molecule has 2 heterocycles. The summed E-state index contributed by atoms with van der Waals surface area (Å²) in [4.78, 5) is 14.0. The van der Waals surface area contributed by atoms with Crippen LogP contribution < -0.4 is 15.2 Å². The molecule has 8 nitrogen and oxygen atoms in total. The number of ether oxygens (including phenoxy) is 2. The number of nitrogens with two attached hydrogens (primary N) is 1. The van der Waals surface area contributed by atoms with Gasteiger partial charge in [0.2, 0.25) is 10.0 Å². The number of rotatable bonds is 7. The van der Waals surface area contributed by atoms with Crippen molar-refractivity contribution in [1.82, 2.24) is 9.62 Å². The maximum atomic E-state index is 12.6. The lowest BCUT2D eigenvalue weighted by Crippen LogP contribution is -2.43. The molecule has 27 heavy (non-hydrogen) atoms. The van der Waals surface area contributed by atoms with Gasteiger partial charge in [0.1, 0.15) is 5.75 Å². The van der Waals surface area contributed by atoms with Crippen molar-refractivity contribution in [3.8, 4) is 5.75 Å². The van der Waals surface area contributed by atoms with Crippen LogP contribution >= 0.6 is 0 Å². The Labute approximate surface area is 160 Å². The topological polar surface area (TPSA) is 111 Å². The number of amides is 1. The highest BCUT2D eigenvalue weighted by Gasteiger charge is 2.28. The van der Waals surface area contributed by atoms with Gasteiger partial charge in [-0.05, 0) is 56.5 Å². The van der Waals surface area contributed by atoms with Crippen molar-refractivity contribution in [2.45, 2.75) is 30.2 Å². The average Bonchev–Trinajstić information content (AvgIpc) is 3.21. The van der Waals surface area contributed by atoms with Gasteiger partial charge in [0.05, 0.1) is 24.2 Å². The molecule has 0 spiro atoms. The summed E-state index contributed by atoms with van der Waals surface area (Å²) in [7, 11) is -2.32. The average molecular weight is 397 g/mol. The second-order valence-electron chi connectivity index (χ2n) is 7.07. The molecule has 150 valence electrons. The molecule has 2 fully saturated rings. The second kappa shape index (κ2) is 8.55. The van der Waals surface area contributed by atoms with Crippen molar-refractivity contribution >= 4 is 15.9 Å². The highest BCUT2D eigenvalue weighted by Crippen LogP contribution is 2.24. The summed E-state index contributed by atoms with van der Waals surface area (Å²) in [5.41, 5.74) is 5.36. The van der Waals surface area contributed by atoms with Gasteiger partial charge in [0, 0.05) is 19.2 Å². The van der Waals surface area contributed by atoms with Crippen LogP contribution in [0.25, 0.3) is 0 Å². The minimum atomic E-state index is -3.72. The predicted molar refractivity (Wildman–Crippen MR) is 100 cm³/mol. The summed E-state index contributed by atoms with van der Waals surface area (Å²) < 4.78 is 38.4. The number of nitrogens with zero attached hydrogens (tertiary/aromatic N) is 1. The maximum absolute atomic E-state index is 12.6. The Morgan fingerprint density at radius 3 is 2.67 bits per heavy atom. The zero-order valence-corrected chi connectivity index (χ0v) is 16.3. The molecule has 2 aliphatic heterocycles. The van der Waals surface area contributed by atoms with Crippen LogP contribution in [-0.4, -0.2) is 65.2 Å². The number of carbonyl (C=O) groups excluding carboxylic acids is 1. The zero-order valence-electron chi connectivity index (χ0n) is 15.5. The van der Waals surface area contributed by atoms with Crippen LogP contribution in [0.3, 0.4) is 0 Å². The summed E-state index contributed by atoms with van der Waals surface area (Å²) >= 11 is 0. The van der Waals surface area contributed by atoms with Gasteiger partial charge >= 0.3 is 0 Å². The number of nitrogens with one attached hydrogen (secondary N) is 1. The first-order chi connectivity index (χ1) is 12.9. The third kappa shape index (κ3) is 4.78. The summed E-state index contributed by atoms with van der Waals surface area (Å²) in [6.45, 7) is 3.95. The highest BCUT2D eigenvalue weighted by atomic mass is 32.2. The lowest BCUT2D eigenvalue weighted by molar-refractivity contribution is 0.0997. The molecule has 1 aromatic rings. The first-order valence-electron chi connectivity index (χ1n) is 9.20. The summed E-state index contributed by atoms with van der Waals surface area (Å²) in [5, 5.41) is 0. The van der Waals surface area contributed by atoms with Crippen molar-refractivity contribution in [2.75, 3.05) is 40.0 Å². The van der Waals surface area contributed by atoms with Crippen LogP contribution in [0, 0.1) is 5.92 Å². The van der Waals surface area contributed by atoms with Crippen molar-refractivity contribution < 1.29 is 22.7 Å². The Morgan fingerprint density at radius 2 is 2.07 bits per heavy atom. The number of piperidine rings is 1. The van der Waals surface area contributed by atoms with Gasteiger partial charge in [-0.25, -0.2) is 13.1 Å². The fourth-order valence-electron chi connectivity index (χ4n) is 3.69. The smallest absolute Gasteiger partial charge is 0.252 e. The van der Waals surface area contributed by atoms with E-state index in [9.17, 15) is 13.2 Å². The standard InChI is InChI=1S/C18H27N3O5S/c1-25-17-3-2-15(10-16(17)18(19)22)27(23,24)20-11-13-4-7-21(8-5-13)14-6-9-26-12-14/h2-3,10,13-14,20H,4-9,11-12H2,1H3,(H2,19,22). The van der Waals surface area contributed by atoms with Gasteiger partial charge < -0.3 is 15.2 Å². The molecular formula is C18H27N3O5S. The number of sulfonamides is 1. The van der Waals surface area contributed by atoms with E-state index in [0.717, 1.165) is 45.6 Å². The number of methoxy groups -OCH3 is 1. The molecule has 0 aromatic heterocycles. The second-order valence-corrected chi connectivity index (χ2v) is 8.84. The molecule has 0 aliphatic carbocycles. The van der Waals surface area contributed by atoms with E-state index in [0.29, 0.717) is 18.5 Å². The first-order valence-corrected chi connectivity index (χ1v) is 10.7. The quantitative estimate of drug-likeness (QED) is 0.696. The summed E-state index contributed by atoms with van der Waals surface area (Å²) in [5.74, 6) is -0.177. The molecule has 0 radical (unpaired) electrons. The molecule has 1 amide bonds. The number of hydrogen-bond acceptors (Lipinski definition) is 6. The van der Waals surface area contributed by atoms with Crippen LogP contribution in [0.4, 0.5) is 0 Å². The van der Waals surface area contributed by atoms with Gasteiger partial charge in [-0.1, -0.05) is 0 Å². The van der Waals surface area contributed by atoms with Crippen LogP contribution in [-0.2, 0) is 14.8 Å². The van der Waals surface area contributed by atoms with Crippen molar-refractivity contribution in [2.24, 2.45) is 11.7 Å². The van der Waals surface area contributed by atoms with Gasteiger partial charge in [-0.15, -0.1) is 0 Å². The van der Waals surface area contributed by atoms with E-state index in [1.165, 1.54) is 25.3 Å². The number of hydrogen-bond donors (Lipinski definition) is 2. The molecule has 2 aliphatic rings. The molecule has 0 bridgehead atoms. The van der Waals surface area contributed by atoms with E-state index in [2.05, 4.69) is 9.62 Å². The van der Waals surface area contributed by atoms with Gasteiger partial charge in [0.25, 0.3) is 5.91 Å². The number of benzene rings is 1. The van der Waals surface area contributed by atoms with Gasteiger partial charge in [-0.3, -0.25) is 9.69 Å². The van der Waals surface area contributed by atoms with Crippen molar-refractivity contribution in [1.29, 1.82) is 0 Å². The van der Waals surface area contributed by atoms with Crippen molar-refractivity contribution in [3.63, 3.8) is 0 Å². The molecular weight excluding hydrogens is 370 g/mol. The molecule has 0 saturated carbocycles. The minimum absolute atomic E-state index is 0.0117. The van der Waals surface area contributed by atoms with Crippen molar-refractivity contribution in [3.05, 3.63) is 23.8 Å². The fourth-order valence-corrected chi connectivity index (χ4v) is 4.83. The maximum Gasteiger partial charge on any atom is 0.252 e. The van der Waals surface area contributed by atoms with E-state index in [1.54, 1.807) is 0 Å². The minimum Gasteiger partial charge on any atom is -0.496 e. The van der Waals surface area contributed by atoms with E-state index >= 15 is 0 Å². The Morgan fingerprint density at radius 1 is 1.33 bits per heavy atom. The Hall–Kier alpha value is -1.68. The van der Waals surface area contributed by atoms with E-state index < -0.39 is 15.9 Å². The Bertz CT molecular complexity index is 769. The third-order valence-corrected chi connectivity index (χ3v) is 6.80. The summed E-state index contributed by atoms with van der Waals surface area (Å²) in [6, 6.07) is 4.62. The Balaban J connectivity index is 1.57. The molecule has 2 saturated heterocycles. The van der Waals surface area contributed by atoms with E-state index in [4.69, 9.17) is 15.2 Å². The van der Waals surface area contributed by atoms with Crippen LogP contribution in [0.2, 0.25) is 0 Å². The predicted octanol–water partition coefficient (Wildman–Crippen LogP) is 0.573. The largest absolute Gasteiger partial charge is 0.496 e. The summed E-state index contributed by atoms with van der Waals surface area (Å²) in [6.07, 6.45) is 2.99. The van der Waals surface area contributed by atoms with E-state index in [1.807, 2.05) is 0 Å². The molecule has 3 rings (SSSR count). The number of primary amides is 1. The Kier molecular flexibility index (Phi) is 6.36. The van der Waals surface area contributed by atoms with E-state index in [-0.39, 0.29) is 16.2 Å². The van der Waals surface area contributed by atoms with Crippen LogP contribution in [0.15, 0.2) is 23.1 Å². The normalized spacial score (nSPS) is 22.0. The lowest BCUT2D eigenvalue weighted by atomic mass is 9.96. The van der Waals surface area contributed by atoms with Crippen LogP contribution in [0.1, 0.15) is 29.6 Å². The molecule has 1 unspecified atom stereocenters. The fraction of sp³-hybridized carbons (Fsp3) is 0.611. The third-order valence-electron chi connectivity index (χ3n) is 5.38. The first kappa shape index (κ1) is 20.1.